The quantitative estimate of drug-likeness (QED) is 0.786. The van der Waals surface area contributed by atoms with Crippen molar-refractivity contribution in [3.05, 3.63) is 35.9 Å². The number of nitrogens with one attached hydrogen (secondary N) is 1. The van der Waals surface area contributed by atoms with Crippen molar-refractivity contribution in [3.8, 4) is 0 Å². The summed E-state index contributed by atoms with van der Waals surface area (Å²) in [5.74, 6) is 0. The van der Waals surface area contributed by atoms with Crippen LogP contribution in [0.3, 0.4) is 0 Å². The van der Waals surface area contributed by atoms with Gasteiger partial charge in [-0.1, -0.05) is 56.0 Å². The molecule has 112 valence electrons. The molecule has 1 aromatic carbocycles. The highest BCUT2D eigenvalue weighted by molar-refractivity contribution is 5.25. The molecule has 0 spiro atoms. The predicted molar refractivity (Wildman–Crippen MR) is 81.7 cm³/mol. The largest absolute Gasteiger partial charge is 0.394 e. The Morgan fingerprint density at radius 3 is 2.35 bits per heavy atom. The van der Waals surface area contributed by atoms with Gasteiger partial charge in [0, 0.05) is 13.2 Å². The van der Waals surface area contributed by atoms with Crippen molar-refractivity contribution in [3.63, 3.8) is 0 Å². The van der Waals surface area contributed by atoms with Gasteiger partial charge in [0.15, 0.2) is 0 Å². The Labute approximate surface area is 122 Å². The van der Waals surface area contributed by atoms with E-state index in [1.807, 2.05) is 18.2 Å². The van der Waals surface area contributed by atoms with Crippen LogP contribution >= 0.6 is 0 Å². The van der Waals surface area contributed by atoms with Crippen LogP contribution in [0.1, 0.15) is 44.1 Å². The second kappa shape index (κ2) is 7.77. The van der Waals surface area contributed by atoms with E-state index >= 15 is 0 Å². The molecule has 1 aromatic rings. The fourth-order valence-corrected chi connectivity index (χ4v) is 3.21. The molecule has 0 aliphatic heterocycles. The maximum atomic E-state index is 10.0. The van der Waals surface area contributed by atoms with Crippen molar-refractivity contribution in [1.82, 2.24) is 5.32 Å². The Hall–Kier alpha value is -0.900. The molecule has 3 nitrogen and oxygen atoms in total. The third-order valence-corrected chi connectivity index (χ3v) is 4.32. The second-order valence-corrected chi connectivity index (χ2v) is 5.87. The highest BCUT2D eigenvalue weighted by atomic mass is 16.5. The lowest BCUT2D eigenvalue weighted by Gasteiger charge is -2.37. The van der Waals surface area contributed by atoms with Crippen LogP contribution in [0.2, 0.25) is 0 Å². The number of hydrogen-bond acceptors (Lipinski definition) is 3. The smallest absolute Gasteiger partial charge is 0.0907 e. The SMILES string of the molecule is COCC(CO)(NC1CCCCCC1)c1ccccc1. The number of benzene rings is 1. The summed E-state index contributed by atoms with van der Waals surface area (Å²) in [6.45, 7) is 0.547. The minimum Gasteiger partial charge on any atom is -0.394 e. The van der Waals surface area contributed by atoms with Gasteiger partial charge in [-0.2, -0.15) is 0 Å². The summed E-state index contributed by atoms with van der Waals surface area (Å²) in [5, 5.41) is 13.7. The number of hydrogen-bond donors (Lipinski definition) is 2. The zero-order valence-electron chi connectivity index (χ0n) is 12.5. The van der Waals surface area contributed by atoms with Crippen LogP contribution in [0, 0.1) is 0 Å². The van der Waals surface area contributed by atoms with Crippen LogP contribution in [0.15, 0.2) is 30.3 Å². The van der Waals surface area contributed by atoms with Gasteiger partial charge in [-0.3, -0.25) is 0 Å². The lowest BCUT2D eigenvalue weighted by atomic mass is 9.89. The minimum absolute atomic E-state index is 0.0569. The standard InChI is InChI=1S/C17H27NO2/c1-20-14-17(13-19,15-9-5-4-6-10-15)18-16-11-7-2-3-8-12-16/h4-6,9-10,16,18-19H,2-3,7-8,11-14H2,1H3. The van der Waals surface area contributed by atoms with E-state index in [0.29, 0.717) is 12.6 Å². The molecule has 3 heteroatoms. The average Bonchev–Trinajstić information content (AvgIpc) is 2.76. The maximum Gasteiger partial charge on any atom is 0.0907 e. The molecular formula is C17H27NO2. The maximum absolute atomic E-state index is 10.0. The van der Waals surface area contributed by atoms with Gasteiger partial charge in [0.1, 0.15) is 0 Å². The number of aliphatic hydroxyl groups is 1. The summed E-state index contributed by atoms with van der Waals surface area (Å²) in [5.41, 5.74) is 0.624. The molecule has 1 unspecified atom stereocenters. The lowest BCUT2D eigenvalue weighted by Crippen LogP contribution is -2.53. The fourth-order valence-electron chi connectivity index (χ4n) is 3.21. The Morgan fingerprint density at radius 2 is 1.80 bits per heavy atom. The molecule has 0 aromatic heterocycles. The molecule has 0 amide bonds. The van der Waals surface area contributed by atoms with E-state index in [0.717, 1.165) is 5.56 Å². The molecule has 1 fully saturated rings. The van der Waals surface area contributed by atoms with Gasteiger partial charge in [0.25, 0.3) is 0 Å². The first-order valence-corrected chi connectivity index (χ1v) is 7.74. The highest BCUT2D eigenvalue weighted by Gasteiger charge is 2.33. The summed E-state index contributed by atoms with van der Waals surface area (Å²) >= 11 is 0. The van der Waals surface area contributed by atoms with Gasteiger partial charge < -0.3 is 15.2 Å². The van der Waals surface area contributed by atoms with Crippen LogP contribution in [0.4, 0.5) is 0 Å². The van der Waals surface area contributed by atoms with E-state index in [9.17, 15) is 5.11 Å². The third-order valence-electron chi connectivity index (χ3n) is 4.32. The summed E-state index contributed by atoms with van der Waals surface area (Å²) in [6, 6.07) is 10.6. The molecule has 1 aliphatic rings. The molecule has 2 rings (SSSR count). The van der Waals surface area contributed by atoms with Crippen LogP contribution < -0.4 is 5.32 Å². The topological polar surface area (TPSA) is 41.5 Å². The van der Waals surface area contributed by atoms with Crippen molar-refractivity contribution < 1.29 is 9.84 Å². The predicted octanol–water partition coefficient (Wildman–Crippen LogP) is 2.83. The average molecular weight is 277 g/mol. The molecular weight excluding hydrogens is 250 g/mol. The number of ether oxygens (including phenoxy) is 1. The molecule has 0 heterocycles. The monoisotopic (exact) mass is 277 g/mol. The number of methoxy groups -OCH3 is 1. The Balaban J connectivity index is 2.17. The van der Waals surface area contributed by atoms with E-state index in [2.05, 4.69) is 17.4 Å². The van der Waals surface area contributed by atoms with Crippen LogP contribution in [-0.2, 0) is 10.3 Å². The van der Waals surface area contributed by atoms with Crippen LogP contribution in [0.5, 0.6) is 0 Å². The van der Waals surface area contributed by atoms with Gasteiger partial charge in [-0.05, 0) is 18.4 Å². The minimum atomic E-state index is -0.481. The van der Waals surface area contributed by atoms with Gasteiger partial charge in [-0.25, -0.2) is 0 Å². The first-order valence-electron chi connectivity index (χ1n) is 7.74. The van der Waals surface area contributed by atoms with Crippen molar-refractivity contribution in [2.45, 2.75) is 50.1 Å². The Morgan fingerprint density at radius 1 is 1.15 bits per heavy atom. The van der Waals surface area contributed by atoms with Crippen LogP contribution in [0.25, 0.3) is 0 Å². The van der Waals surface area contributed by atoms with Crippen molar-refractivity contribution in [1.29, 1.82) is 0 Å². The first-order chi connectivity index (χ1) is 9.80. The third kappa shape index (κ3) is 3.81. The van der Waals surface area contributed by atoms with Crippen molar-refractivity contribution >= 4 is 0 Å². The zero-order chi connectivity index (χ0) is 14.3. The molecule has 1 saturated carbocycles. The van der Waals surface area contributed by atoms with Gasteiger partial charge in [-0.15, -0.1) is 0 Å². The molecule has 0 bridgehead atoms. The second-order valence-electron chi connectivity index (χ2n) is 5.87. The van der Waals surface area contributed by atoms with Gasteiger partial charge in [0.05, 0.1) is 18.8 Å². The van der Waals surface area contributed by atoms with E-state index < -0.39 is 5.54 Å². The summed E-state index contributed by atoms with van der Waals surface area (Å²) in [6.07, 6.45) is 7.61. The summed E-state index contributed by atoms with van der Waals surface area (Å²) in [7, 11) is 1.70. The highest BCUT2D eigenvalue weighted by Crippen LogP contribution is 2.26. The molecule has 0 saturated heterocycles. The fraction of sp³-hybridized carbons (Fsp3) is 0.647. The normalized spacial score (nSPS) is 20.3. The molecule has 20 heavy (non-hydrogen) atoms. The van der Waals surface area contributed by atoms with Gasteiger partial charge in [0.2, 0.25) is 0 Å². The summed E-state index contributed by atoms with van der Waals surface area (Å²) < 4.78 is 5.40. The number of aliphatic hydroxyl groups excluding tert-OH is 1. The lowest BCUT2D eigenvalue weighted by molar-refractivity contribution is 0.0505. The van der Waals surface area contributed by atoms with E-state index in [1.54, 1.807) is 7.11 Å². The summed E-state index contributed by atoms with van der Waals surface area (Å²) in [4.78, 5) is 0. The zero-order valence-corrected chi connectivity index (χ0v) is 12.5. The van der Waals surface area contributed by atoms with Gasteiger partial charge >= 0.3 is 0 Å². The Bertz CT molecular complexity index is 374. The molecule has 0 radical (unpaired) electrons. The Kier molecular flexibility index (Phi) is 6.02. The van der Waals surface area contributed by atoms with E-state index in [4.69, 9.17) is 4.74 Å². The van der Waals surface area contributed by atoms with Crippen LogP contribution in [-0.4, -0.2) is 31.5 Å². The molecule has 1 aliphatic carbocycles. The first kappa shape index (κ1) is 15.5. The van der Waals surface area contributed by atoms with Crippen molar-refractivity contribution in [2.75, 3.05) is 20.3 Å². The van der Waals surface area contributed by atoms with E-state index in [-0.39, 0.29) is 6.61 Å². The van der Waals surface area contributed by atoms with Crippen molar-refractivity contribution in [2.24, 2.45) is 0 Å². The number of rotatable bonds is 6. The van der Waals surface area contributed by atoms with E-state index in [1.165, 1.54) is 38.5 Å². The molecule has 1 atom stereocenters. The molecule has 2 N–H and O–H groups in total.